The number of rotatable bonds is 1. The largest absolute Gasteiger partial charge is 0.381 e. The van der Waals surface area contributed by atoms with E-state index in [0.29, 0.717) is 6.10 Å². The van der Waals surface area contributed by atoms with Crippen LogP contribution in [0.3, 0.4) is 0 Å². The molecule has 1 atom stereocenters. The summed E-state index contributed by atoms with van der Waals surface area (Å²) in [6, 6.07) is 6.36. The Bertz CT molecular complexity index is 296. The molecule has 1 aromatic rings. The molecule has 1 aliphatic rings. The number of hydrogen-bond acceptors (Lipinski definition) is 1. The predicted molar refractivity (Wildman–Crippen MR) is 52.3 cm³/mol. The van der Waals surface area contributed by atoms with Crippen LogP contribution in [0.5, 0.6) is 0 Å². The molecule has 0 fully saturated rings. The van der Waals surface area contributed by atoms with Crippen LogP contribution in [0.25, 0.3) is 0 Å². The molecular weight excluding hydrogens is 216 g/mol. The fraction of sp³-hybridized carbons (Fsp3) is 0.400. The van der Waals surface area contributed by atoms with Crippen LogP contribution in [-0.2, 0) is 17.6 Å². The van der Waals surface area contributed by atoms with E-state index in [0.717, 1.165) is 12.8 Å². The van der Waals surface area contributed by atoms with Gasteiger partial charge in [0.15, 0.2) is 0 Å². The second kappa shape index (κ2) is 3.19. The van der Waals surface area contributed by atoms with Crippen LogP contribution in [-0.4, -0.2) is 13.2 Å². The topological polar surface area (TPSA) is 9.23 Å². The molecule has 1 unspecified atom stereocenters. The molecule has 1 aromatic carbocycles. The van der Waals surface area contributed by atoms with Gasteiger partial charge in [0.2, 0.25) is 0 Å². The number of fused-ring (bicyclic) bond motifs is 1. The molecule has 1 aliphatic carbocycles. The quantitative estimate of drug-likeness (QED) is 0.716. The van der Waals surface area contributed by atoms with E-state index in [1.165, 1.54) is 15.6 Å². The number of hydrogen-bond donors (Lipinski definition) is 0. The summed E-state index contributed by atoms with van der Waals surface area (Å²) in [5.41, 5.74) is 2.85. The predicted octanol–water partition coefficient (Wildman–Crippen LogP) is 2.56. The second-order valence-electron chi connectivity index (χ2n) is 3.14. The molecule has 0 aromatic heterocycles. The van der Waals surface area contributed by atoms with Crippen molar-refractivity contribution in [2.75, 3.05) is 7.11 Å². The second-order valence-corrected chi connectivity index (χ2v) is 4.00. The summed E-state index contributed by atoms with van der Waals surface area (Å²) in [5, 5.41) is 0. The van der Waals surface area contributed by atoms with E-state index >= 15 is 0 Å². The van der Waals surface area contributed by atoms with E-state index in [-0.39, 0.29) is 0 Å². The van der Waals surface area contributed by atoms with Crippen molar-refractivity contribution in [1.82, 2.24) is 0 Å². The third-order valence-electron chi connectivity index (χ3n) is 2.43. The summed E-state index contributed by atoms with van der Waals surface area (Å²) < 4.78 is 6.55. The minimum atomic E-state index is 0.388. The maximum absolute atomic E-state index is 5.33. The van der Waals surface area contributed by atoms with Gasteiger partial charge in [-0.25, -0.2) is 0 Å². The average Bonchev–Trinajstić information content (AvgIpc) is 2.49. The van der Waals surface area contributed by atoms with Crippen molar-refractivity contribution in [3.8, 4) is 0 Å². The Balaban J connectivity index is 2.35. The van der Waals surface area contributed by atoms with Crippen molar-refractivity contribution >= 4 is 15.9 Å². The van der Waals surface area contributed by atoms with Crippen LogP contribution in [0.15, 0.2) is 22.7 Å². The van der Waals surface area contributed by atoms with Crippen molar-refractivity contribution < 1.29 is 4.74 Å². The molecule has 0 saturated heterocycles. The van der Waals surface area contributed by atoms with Gasteiger partial charge in [-0.1, -0.05) is 28.1 Å². The van der Waals surface area contributed by atoms with Gasteiger partial charge in [-0.3, -0.25) is 0 Å². The molecule has 0 saturated carbocycles. The van der Waals surface area contributed by atoms with E-state index in [2.05, 4.69) is 34.1 Å². The first-order chi connectivity index (χ1) is 5.81. The highest BCUT2D eigenvalue weighted by molar-refractivity contribution is 9.10. The van der Waals surface area contributed by atoms with Crippen molar-refractivity contribution in [1.29, 1.82) is 0 Å². The molecule has 0 amide bonds. The Kier molecular flexibility index (Phi) is 2.20. The Morgan fingerprint density at radius 1 is 1.42 bits per heavy atom. The molecule has 0 heterocycles. The number of methoxy groups -OCH3 is 1. The lowest BCUT2D eigenvalue weighted by Crippen LogP contribution is -2.08. The summed E-state index contributed by atoms with van der Waals surface area (Å²) in [7, 11) is 1.78. The standard InChI is InChI=1S/C10H11BrO/c1-12-8-5-7-3-2-4-10(11)9(7)6-8/h2-4,8H,5-6H2,1H3. The van der Waals surface area contributed by atoms with Crippen molar-refractivity contribution in [2.24, 2.45) is 0 Å². The summed E-state index contributed by atoms with van der Waals surface area (Å²) in [5.74, 6) is 0. The first-order valence-corrected chi connectivity index (χ1v) is 4.89. The third-order valence-corrected chi connectivity index (χ3v) is 3.17. The SMILES string of the molecule is COC1Cc2cccc(Br)c2C1. The minimum absolute atomic E-state index is 0.388. The smallest absolute Gasteiger partial charge is 0.0652 e. The maximum Gasteiger partial charge on any atom is 0.0652 e. The molecule has 12 heavy (non-hydrogen) atoms. The third kappa shape index (κ3) is 1.29. The molecule has 0 aliphatic heterocycles. The fourth-order valence-electron chi connectivity index (χ4n) is 1.73. The summed E-state index contributed by atoms with van der Waals surface area (Å²) in [6.07, 6.45) is 2.50. The highest BCUT2D eigenvalue weighted by atomic mass is 79.9. The van der Waals surface area contributed by atoms with Gasteiger partial charge < -0.3 is 4.74 Å². The van der Waals surface area contributed by atoms with Gasteiger partial charge in [0.1, 0.15) is 0 Å². The number of benzene rings is 1. The van der Waals surface area contributed by atoms with Gasteiger partial charge in [0.25, 0.3) is 0 Å². The van der Waals surface area contributed by atoms with Crippen LogP contribution in [0.4, 0.5) is 0 Å². The molecule has 0 N–H and O–H groups in total. The molecule has 0 radical (unpaired) electrons. The first-order valence-electron chi connectivity index (χ1n) is 4.10. The highest BCUT2D eigenvalue weighted by Gasteiger charge is 2.22. The van der Waals surface area contributed by atoms with Crippen LogP contribution in [0.1, 0.15) is 11.1 Å². The normalized spacial score (nSPS) is 21.0. The van der Waals surface area contributed by atoms with Crippen molar-refractivity contribution in [3.05, 3.63) is 33.8 Å². The monoisotopic (exact) mass is 226 g/mol. The van der Waals surface area contributed by atoms with Crippen LogP contribution >= 0.6 is 15.9 Å². The van der Waals surface area contributed by atoms with Crippen molar-refractivity contribution in [2.45, 2.75) is 18.9 Å². The van der Waals surface area contributed by atoms with E-state index in [9.17, 15) is 0 Å². The van der Waals surface area contributed by atoms with Crippen LogP contribution < -0.4 is 0 Å². The van der Waals surface area contributed by atoms with E-state index < -0.39 is 0 Å². The van der Waals surface area contributed by atoms with Crippen molar-refractivity contribution in [3.63, 3.8) is 0 Å². The molecule has 0 spiro atoms. The van der Waals surface area contributed by atoms with Gasteiger partial charge in [-0.15, -0.1) is 0 Å². The Labute approximate surface area is 80.9 Å². The highest BCUT2D eigenvalue weighted by Crippen LogP contribution is 2.29. The van der Waals surface area contributed by atoms with E-state index in [1.54, 1.807) is 7.11 Å². The zero-order valence-electron chi connectivity index (χ0n) is 7.01. The molecule has 2 rings (SSSR count). The Hall–Kier alpha value is -0.340. The van der Waals surface area contributed by atoms with E-state index in [4.69, 9.17) is 4.74 Å². The lowest BCUT2D eigenvalue weighted by Gasteiger charge is -2.03. The number of halogens is 1. The van der Waals surface area contributed by atoms with Gasteiger partial charge in [0.05, 0.1) is 6.10 Å². The Morgan fingerprint density at radius 3 is 2.92 bits per heavy atom. The van der Waals surface area contributed by atoms with Crippen LogP contribution in [0, 0.1) is 0 Å². The van der Waals surface area contributed by atoms with Crippen LogP contribution in [0.2, 0.25) is 0 Å². The Morgan fingerprint density at radius 2 is 2.25 bits per heavy atom. The van der Waals surface area contributed by atoms with Gasteiger partial charge in [-0.2, -0.15) is 0 Å². The molecule has 64 valence electrons. The molecule has 1 nitrogen and oxygen atoms in total. The van der Waals surface area contributed by atoms with E-state index in [1.807, 2.05) is 0 Å². The van der Waals surface area contributed by atoms with Gasteiger partial charge in [0, 0.05) is 18.0 Å². The zero-order valence-corrected chi connectivity index (χ0v) is 8.60. The average molecular weight is 227 g/mol. The minimum Gasteiger partial charge on any atom is -0.381 e. The van der Waals surface area contributed by atoms with Gasteiger partial charge >= 0.3 is 0 Å². The molecular formula is C10H11BrO. The summed E-state index contributed by atoms with van der Waals surface area (Å²) in [4.78, 5) is 0. The number of ether oxygens (including phenoxy) is 1. The maximum atomic E-state index is 5.33. The molecule has 0 bridgehead atoms. The lowest BCUT2D eigenvalue weighted by molar-refractivity contribution is 0.112. The first kappa shape index (κ1) is 8.27. The summed E-state index contributed by atoms with van der Waals surface area (Å²) in [6.45, 7) is 0. The molecule has 2 heteroatoms. The lowest BCUT2D eigenvalue weighted by atomic mass is 10.1. The zero-order chi connectivity index (χ0) is 8.55. The summed E-state index contributed by atoms with van der Waals surface area (Å²) >= 11 is 3.55. The fourth-order valence-corrected chi connectivity index (χ4v) is 2.30. The van der Waals surface area contributed by atoms with Gasteiger partial charge in [-0.05, 0) is 23.6 Å².